The Bertz CT molecular complexity index is 946. The van der Waals surface area contributed by atoms with E-state index in [0.717, 1.165) is 10.1 Å². The molecular formula is C19H19N3O2. The number of nitrogens with zero attached hydrogens (tertiary/aromatic N) is 3. The van der Waals surface area contributed by atoms with Crippen LogP contribution in [0.15, 0.2) is 59.4 Å². The third kappa shape index (κ3) is 2.69. The molecule has 0 bridgehead atoms. The Kier molecular flexibility index (Phi) is 4.16. The first kappa shape index (κ1) is 15.9. The first-order chi connectivity index (χ1) is 11.5. The van der Waals surface area contributed by atoms with Crippen LogP contribution in [0.3, 0.4) is 0 Å². The Hall–Kier alpha value is -2.95. The van der Waals surface area contributed by atoms with Crippen LogP contribution in [0.2, 0.25) is 0 Å². The van der Waals surface area contributed by atoms with Gasteiger partial charge in [0.2, 0.25) is 0 Å². The number of hydrogen-bond donors (Lipinski definition) is 0. The highest BCUT2D eigenvalue weighted by atomic mass is 16.2. The third-order valence-corrected chi connectivity index (χ3v) is 4.08. The molecule has 5 heteroatoms. The van der Waals surface area contributed by atoms with Gasteiger partial charge >= 0.3 is 6.03 Å². The highest BCUT2D eigenvalue weighted by molar-refractivity contribution is 5.87. The number of benzene rings is 2. The quantitative estimate of drug-likeness (QED) is 0.727. The van der Waals surface area contributed by atoms with E-state index in [0.29, 0.717) is 16.7 Å². The molecule has 122 valence electrons. The van der Waals surface area contributed by atoms with Gasteiger partial charge in [-0.3, -0.25) is 4.79 Å². The summed E-state index contributed by atoms with van der Waals surface area (Å²) in [5, 5.41) is 0.433. The average molecular weight is 321 g/mol. The number of amides is 1. The zero-order valence-corrected chi connectivity index (χ0v) is 13.9. The van der Waals surface area contributed by atoms with Crippen molar-refractivity contribution in [3.05, 3.63) is 65.0 Å². The minimum Gasteiger partial charge on any atom is -0.325 e. The third-order valence-electron chi connectivity index (χ3n) is 4.08. The van der Waals surface area contributed by atoms with Crippen molar-refractivity contribution in [1.29, 1.82) is 0 Å². The van der Waals surface area contributed by atoms with Crippen LogP contribution < -0.4 is 5.56 Å². The molecule has 0 aliphatic carbocycles. The van der Waals surface area contributed by atoms with Gasteiger partial charge in [0.25, 0.3) is 5.56 Å². The molecule has 3 rings (SSSR count). The van der Waals surface area contributed by atoms with E-state index in [1.165, 1.54) is 4.90 Å². The molecule has 1 aromatic heterocycles. The van der Waals surface area contributed by atoms with Crippen molar-refractivity contribution in [2.24, 2.45) is 0 Å². The lowest BCUT2D eigenvalue weighted by atomic mass is 10.2. The summed E-state index contributed by atoms with van der Waals surface area (Å²) < 4.78 is 1.16. The molecule has 0 aliphatic rings. The lowest BCUT2D eigenvalue weighted by Crippen LogP contribution is -2.42. The van der Waals surface area contributed by atoms with Gasteiger partial charge in [0, 0.05) is 18.7 Å². The van der Waals surface area contributed by atoms with Crippen molar-refractivity contribution >= 4 is 16.9 Å². The number of carbonyl (C=O) groups excluding carboxylic acids is 1. The minimum atomic E-state index is -0.382. The second-order valence-corrected chi connectivity index (χ2v) is 5.95. The Balaban J connectivity index is 2.35. The molecule has 0 saturated heterocycles. The molecule has 0 unspecified atom stereocenters. The van der Waals surface area contributed by atoms with E-state index in [9.17, 15) is 9.59 Å². The van der Waals surface area contributed by atoms with Gasteiger partial charge in [0.15, 0.2) is 5.82 Å². The highest BCUT2D eigenvalue weighted by Gasteiger charge is 2.22. The predicted molar refractivity (Wildman–Crippen MR) is 95.1 cm³/mol. The van der Waals surface area contributed by atoms with Crippen molar-refractivity contribution < 1.29 is 4.79 Å². The number of hydrogen-bond acceptors (Lipinski definition) is 3. The molecule has 24 heavy (non-hydrogen) atoms. The predicted octanol–water partition coefficient (Wildman–Crippen LogP) is 3.37. The summed E-state index contributed by atoms with van der Waals surface area (Å²) in [5.74, 6) is 0.358. The lowest BCUT2D eigenvalue weighted by Gasteiger charge is -2.23. The van der Waals surface area contributed by atoms with E-state index < -0.39 is 0 Å². The standard InChI is InChI=1S/C19H19N3O2/c1-13(2)21(3)19(24)22-17(14-9-5-4-6-10-14)20-16-12-8-7-11-15(16)18(22)23/h4-13H,1-3H3. The van der Waals surface area contributed by atoms with E-state index >= 15 is 0 Å². The van der Waals surface area contributed by atoms with Gasteiger partial charge in [0.1, 0.15) is 0 Å². The molecule has 1 amide bonds. The summed E-state index contributed by atoms with van der Waals surface area (Å²) in [7, 11) is 1.68. The van der Waals surface area contributed by atoms with E-state index in [1.54, 1.807) is 25.2 Å². The smallest absolute Gasteiger partial charge is 0.325 e. The van der Waals surface area contributed by atoms with E-state index in [4.69, 9.17) is 0 Å². The minimum absolute atomic E-state index is 0.0282. The zero-order chi connectivity index (χ0) is 17.3. The zero-order valence-electron chi connectivity index (χ0n) is 13.9. The fraction of sp³-hybridized carbons (Fsp3) is 0.211. The summed E-state index contributed by atoms with van der Waals surface area (Å²) in [4.78, 5) is 32.0. The molecule has 0 saturated carbocycles. The molecule has 0 N–H and O–H groups in total. The van der Waals surface area contributed by atoms with Crippen LogP contribution in [0.5, 0.6) is 0 Å². The van der Waals surface area contributed by atoms with Crippen molar-refractivity contribution in [3.8, 4) is 11.4 Å². The van der Waals surface area contributed by atoms with E-state index in [-0.39, 0.29) is 17.6 Å². The topological polar surface area (TPSA) is 55.2 Å². The van der Waals surface area contributed by atoms with Crippen molar-refractivity contribution in [3.63, 3.8) is 0 Å². The first-order valence-electron chi connectivity index (χ1n) is 7.85. The van der Waals surface area contributed by atoms with E-state index in [1.807, 2.05) is 50.2 Å². The van der Waals surface area contributed by atoms with Crippen LogP contribution in [0.25, 0.3) is 22.3 Å². The number of para-hydroxylation sites is 1. The fourth-order valence-corrected chi connectivity index (χ4v) is 2.47. The number of rotatable bonds is 2. The SMILES string of the molecule is CC(C)N(C)C(=O)n1c(-c2ccccc2)nc2ccccc2c1=O. The molecule has 3 aromatic rings. The molecule has 5 nitrogen and oxygen atoms in total. The first-order valence-corrected chi connectivity index (χ1v) is 7.85. The van der Waals surface area contributed by atoms with Crippen LogP contribution in [0.4, 0.5) is 4.79 Å². The Morgan fingerprint density at radius 1 is 1.04 bits per heavy atom. The van der Waals surface area contributed by atoms with Crippen molar-refractivity contribution in [1.82, 2.24) is 14.5 Å². The Labute approximate surface area is 140 Å². The monoisotopic (exact) mass is 321 g/mol. The molecule has 0 fully saturated rings. The van der Waals surface area contributed by atoms with Gasteiger partial charge in [-0.05, 0) is 26.0 Å². The second kappa shape index (κ2) is 6.28. The maximum atomic E-state index is 13.0. The maximum Gasteiger partial charge on any atom is 0.332 e. The largest absolute Gasteiger partial charge is 0.332 e. The van der Waals surface area contributed by atoms with Gasteiger partial charge < -0.3 is 4.90 Å². The number of fused-ring (bicyclic) bond motifs is 1. The molecule has 0 atom stereocenters. The van der Waals surface area contributed by atoms with Crippen LogP contribution in [0, 0.1) is 0 Å². The Morgan fingerprint density at radius 2 is 1.67 bits per heavy atom. The van der Waals surface area contributed by atoms with Crippen LogP contribution in [-0.4, -0.2) is 33.6 Å². The normalized spacial score (nSPS) is 11.0. The van der Waals surface area contributed by atoms with E-state index in [2.05, 4.69) is 4.98 Å². The lowest BCUT2D eigenvalue weighted by molar-refractivity contribution is 0.198. The molecule has 1 heterocycles. The highest BCUT2D eigenvalue weighted by Crippen LogP contribution is 2.19. The summed E-state index contributed by atoms with van der Waals surface area (Å²) in [5.41, 5.74) is 0.959. The summed E-state index contributed by atoms with van der Waals surface area (Å²) in [6, 6.07) is 16.0. The maximum absolute atomic E-state index is 13.0. The molecule has 0 radical (unpaired) electrons. The van der Waals surface area contributed by atoms with Gasteiger partial charge in [0.05, 0.1) is 10.9 Å². The molecule has 2 aromatic carbocycles. The molecule has 0 spiro atoms. The van der Waals surface area contributed by atoms with Crippen molar-refractivity contribution in [2.75, 3.05) is 7.05 Å². The summed E-state index contributed by atoms with van der Waals surface area (Å²) in [6.45, 7) is 3.80. The van der Waals surface area contributed by atoms with Crippen LogP contribution >= 0.6 is 0 Å². The number of aromatic nitrogens is 2. The van der Waals surface area contributed by atoms with Gasteiger partial charge in [-0.2, -0.15) is 0 Å². The van der Waals surface area contributed by atoms with Crippen LogP contribution in [0.1, 0.15) is 13.8 Å². The summed E-state index contributed by atoms with van der Waals surface area (Å²) >= 11 is 0. The van der Waals surface area contributed by atoms with Crippen LogP contribution in [-0.2, 0) is 0 Å². The molecular weight excluding hydrogens is 302 g/mol. The molecule has 0 aliphatic heterocycles. The second-order valence-electron chi connectivity index (χ2n) is 5.95. The fourth-order valence-electron chi connectivity index (χ4n) is 2.47. The van der Waals surface area contributed by atoms with Gasteiger partial charge in [-0.25, -0.2) is 14.3 Å². The average Bonchev–Trinajstić information content (AvgIpc) is 2.61. The summed E-state index contributed by atoms with van der Waals surface area (Å²) in [6.07, 6.45) is 0. The Morgan fingerprint density at radius 3 is 2.33 bits per heavy atom. The van der Waals surface area contributed by atoms with Gasteiger partial charge in [-0.1, -0.05) is 42.5 Å². The van der Waals surface area contributed by atoms with Gasteiger partial charge in [-0.15, -0.1) is 0 Å². The number of carbonyl (C=O) groups is 1. The van der Waals surface area contributed by atoms with Crippen molar-refractivity contribution in [2.45, 2.75) is 19.9 Å².